The highest BCUT2D eigenvalue weighted by Crippen LogP contribution is 2.17. The lowest BCUT2D eigenvalue weighted by atomic mass is 10.1. The third-order valence-electron chi connectivity index (χ3n) is 4.92. The fourth-order valence-electron chi connectivity index (χ4n) is 3.32. The van der Waals surface area contributed by atoms with E-state index in [4.69, 9.17) is 0 Å². The molecule has 0 aromatic heterocycles. The maximum absolute atomic E-state index is 12.4. The minimum Gasteiger partial charge on any atom is -0.368 e. The first kappa shape index (κ1) is 19.0. The normalized spacial score (nSPS) is 14.1. The van der Waals surface area contributed by atoms with Crippen LogP contribution in [0.2, 0.25) is 0 Å². The van der Waals surface area contributed by atoms with Crippen molar-refractivity contribution in [3.05, 3.63) is 65.7 Å². The molecule has 1 fully saturated rings. The van der Waals surface area contributed by atoms with E-state index in [-0.39, 0.29) is 18.4 Å². The van der Waals surface area contributed by atoms with Crippen LogP contribution in [0.1, 0.15) is 17.5 Å². The second-order valence-electron chi connectivity index (χ2n) is 6.97. The van der Waals surface area contributed by atoms with Crippen LogP contribution >= 0.6 is 0 Å². The molecule has 1 N–H and O–H groups in total. The molecular formula is C22H27N3O2. The molecule has 0 spiro atoms. The Morgan fingerprint density at radius 2 is 1.70 bits per heavy atom. The van der Waals surface area contributed by atoms with Crippen LogP contribution in [-0.4, -0.2) is 49.4 Å². The highest BCUT2D eigenvalue weighted by molar-refractivity contribution is 5.85. The summed E-state index contributed by atoms with van der Waals surface area (Å²) in [7, 11) is 0. The Balaban J connectivity index is 1.38. The van der Waals surface area contributed by atoms with Gasteiger partial charge in [-0.15, -0.1) is 0 Å². The first-order valence-electron chi connectivity index (χ1n) is 9.52. The lowest BCUT2D eigenvalue weighted by Crippen LogP contribution is -2.51. The molecule has 0 bridgehead atoms. The van der Waals surface area contributed by atoms with Crippen molar-refractivity contribution in [1.29, 1.82) is 0 Å². The standard InChI is InChI=1S/C22H27N3O2/c1-18-6-5-9-20(16-18)24-12-14-25(15-13-24)22(27)17-23-21(26)11-10-19-7-3-2-4-8-19/h2-9,16H,10-15,17H2,1H3,(H,23,26). The molecule has 1 aliphatic rings. The van der Waals surface area contributed by atoms with E-state index in [1.54, 1.807) is 0 Å². The van der Waals surface area contributed by atoms with E-state index < -0.39 is 0 Å². The lowest BCUT2D eigenvalue weighted by molar-refractivity contribution is -0.133. The SMILES string of the molecule is Cc1cccc(N2CCN(C(=O)CNC(=O)CCc3ccccc3)CC2)c1. The Bertz CT molecular complexity index is 768. The fourth-order valence-corrected chi connectivity index (χ4v) is 3.32. The molecule has 2 aromatic rings. The van der Waals surface area contributed by atoms with E-state index in [1.165, 1.54) is 11.3 Å². The molecule has 142 valence electrons. The van der Waals surface area contributed by atoms with E-state index in [9.17, 15) is 9.59 Å². The first-order valence-corrected chi connectivity index (χ1v) is 9.52. The molecule has 0 radical (unpaired) electrons. The predicted octanol–water partition coefficient (Wildman–Crippen LogP) is 2.39. The van der Waals surface area contributed by atoms with Gasteiger partial charge in [0.25, 0.3) is 0 Å². The Morgan fingerprint density at radius 3 is 2.41 bits per heavy atom. The summed E-state index contributed by atoms with van der Waals surface area (Å²) in [5, 5.41) is 2.76. The minimum absolute atomic E-state index is 0.00745. The summed E-state index contributed by atoms with van der Waals surface area (Å²) in [6.45, 7) is 5.18. The largest absolute Gasteiger partial charge is 0.368 e. The molecule has 5 nitrogen and oxygen atoms in total. The van der Waals surface area contributed by atoms with Gasteiger partial charge >= 0.3 is 0 Å². The quantitative estimate of drug-likeness (QED) is 0.855. The zero-order chi connectivity index (χ0) is 19.1. The van der Waals surface area contributed by atoms with E-state index in [2.05, 4.69) is 41.4 Å². The summed E-state index contributed by atoms with van der Waals surface area (Å²) in [5.41, 5.74) is 3.58. The van der Waals surface area contributed by atoms with Gasteiger partial charge in [-0.3, -0.25) is 9.59 Å². The van der Waals surface area contributed by atoms with Gasteiger partial charge in [-0.25, -0.2) is 0 Å². The highest BCUT2D eigenvalue weighted by atomic mass is 16.2. The molecule has 0 aliphatic carbocycles. The highest BCUT2D eigenvalue weighted by Gasteiger charge is 2.21. The molecule has 27 heavy (non-hydrogen) atoms. The zero-order valence-electron chi connectivity index (χ0n) is 15.9. The van der Waals surface area contributed by atoms with Gasteiger partial charge in [-0.05, 0) is 36.6 Å². The summed E-state index contributed by atoms with van der Waals surface area (Å²) < 4.78 is 0. The molecule has 0 saturated carbocycles. The molecule has 2 aromatic carbocycles. The van der Waals surface area contributed by atoms with E-state index >= 15 is 0 Å². The number of benzene rings is 2. The van der Waals surface area contributed by atoms with Crippen LogP contribution in [0.15, 0.2) is 54.6 Å². The van der Waals surface area contributed by atoms with Crippen LogP contribution in [-0.2, 0) is 16.0 Å². The van der Waals surface area contributed by atoms with Crippen molar-refractivity contribution in [2.75, 3.05) is 37.6 Å². The Hall–Kier alpha value is -2.82. The summed E-state index contributed by atoms with van der Waals surface area (Å²) in [6, 6.07) is 18.3. The van der Waals surface area contributed by atoms with Crippen molar-refractivity contribution in [1.82, 2.24) is 10.2 Å². The fraction of sp³-hybridized carbons (Fsp3) is 0.364. The Kier molecular flexibility index (Phi) is 6.47. The number of nitrogens with one attached hydrogen (secondary N) is 1. The number of nitrogens with zero attached hydrogens (tertiary/aromatic N) is 2. The number of hydrogen-bond donors (Lipinski definition) is 1. The molecule has 5 heteroatoms. The molecule has 0 unspecified atom stereocenters. The van der Waals surface area contributed by atoms with Crippen LogP contribution in [0.4, 0.5) is 5.69 Å². The van der Waals surface area contributed by atoms with Crippen LogP contribution in [0.25, 0.3) is 0 Å². The molecule has 1 heterocycles. The molecule has 1 saturated heterocycles. The van der Waals surface area contributed by atoms with Gasteiger partial charge < -0.3 is 15.1 Å². The van der Waals surface area contributed by atoms with Crippen LogP contribution in [0.3, 0.4) is 0 Å². The second kappa shape index (κ2) is 9.21. The number of aryl methyl sites for hydroxylation is 2. The molecular weight excluding hydrogens is 338 g/mol. The van der Waals surface area contributed by atoms with Gasteiger partial charge in [0.2, 0.25) is 11.8 Å². The smallest absolute Gasteiger partial charge is 0.242 e. The first-order chi connectivity index (χ1) is 13.1. The number of hydrogen-bond acceptors (Lipinski definition) is 3. The van der Waals surface area contributed by atoms with Crippen LogP contribution in [0.5, 0.6) is 0 Å². The minimum atomic E-state index is -0.0781. The molecule has 2 amide bonds. The van der Waals surface area contributed by atoms with Gasteiger partial charge in [-0.2, -0.15) is 0 Å². The molecule has 1 aliphatic heterocycles. The number of carbonyl (C=O) groups is 2. The molecule has 3 rings (SSSR count). The number of rotatable bonds is 6. The van der Waals surface area contributed by atoms with Crippen LogP contribution in [0, 0.1) is 6.92 Å². The number of anilines is 1. The third-order valence-corrected chi connectivity index (χ3v) is 4.92. The van der Waals surface area contributed by atoms with Crippen molar-refractivity contribution < 1.29 is 9.59 Å². The van der Waals surface area contributed by atoms with Gasteiger partial charge in [0.05, 0.1) is 6.54 Å². The van der Waals surface area contributed by atoms with Crippen LogP contribution < -0.4 is 10.2 Å². The van der Waals surface area contributed by atoms with E-state index in [0.717, 1.165) is 18.7 Å². The summed E-state index contributed by atoms with van der Waals surface area (Å²) in [5.74, 6) is -0.0856. The predicted molar refractivity (Wildman–Crippen MR) is 108 cm³/mol. The van der Waals surface area contributed by atoms with E-state index in [0.29, 0.717) is 25.9 Å². The second-order valence-corrected chi connectivity index (χ2v) is 6.97. The maximum Gasteiger partial charge on any atom is 0.242 e. The Morgan fingerprint density at radius 1 is 0.963 bits per heavy atom. The summed E-state index contributed by atoms with van der Waals surface area (Å²) in [4.78, 5) is 28.5. The third kappa shape index (κ3) is 5.58. The van der Waals surface area contributed by atoms with Crippen molar-refractivity contribution in [3.63, 3.8) is 0 Å². The number of piperazine rings is 1. The van der Waals surface area contributed by atoms with Crippen molar-refractivity contribution in [2.24, 2.45) is 0 Å². The van der Waals surface area contributed by atoms with Gasteiger partial charge in [0, 0.05) is 38.3 Å². The van der Waals surface area contributed by atoms with Crippen molar-refractivity contribution in [2.45, 2.75) is 19.8 Å². The monoisotopic (exact) mass is 365 g/mol. The maximum atomic E-state index is 12.4. The Labute approximate surface area is 161 Å². The summed E-state index contributed by atoms with van der Waals surface area (Å²) in [6.07, 6.45) is 1.09. The van der Waals surface area contributed by atoms with Gasteiger partial charge in [0.15, 0.2) is 0 Å². The topological polar surface area (TPSA) is 52.6 Å². The van der Waals surface area contributed by atoms with Gasteiger partial charge in [-0.1, -0.05) is 42.5 Å². The van der Waals surface area contributed by atoms with E-state index in [1.807, 2.05) is 35.2 Å². The number of carbonyl (C=O) groups excluding carboxylic acids is 2. The average Bonchev–Trinajstić information content (AvgIpc) is 2.71. The van der Waals surface area contributed by atoms with Crippen molar-refractivity contribution in [3.8, 4) is 0 Å². The lowest BCUT2D eigenvalue weighted by Gasteiger charge is -2.36. The van der Waals surface area contributed by atoms with Crippen molar-refractivity contribution >= 4 is 17.5 Å². The zero-order valence-corrected chi connectivity index (χ0v) is 15.9. The number of amides is 2. The summed E-state index contributed by atoms with van der Waals surface area (Å²) >= 11 is 0. The average molecular weight is 365 g/mol. The molecule has 0 atom stereocenters. The van der Waals surface area contributed by atoms with Gasteiger partial charge in [0.1, 0.15) is 0 Å².